The molecule has 1 aromatic rings. The molecule has 0 aromatic carbocycles. The van der Waals surface area contributed by atoms with Crippen molar-refractivity contribution >= 4 is 11.6 Å². The first-order valence-corrected chi connectivity index (χ1v) is 11.4. The van der Waals surface area contributed by atoms with Crippen molar-refractivity contribution in [3.05, 3.63) is 18.1 Å². The van der Waals surface area contributed by atoms with Crippen molar-refractivity contribution in [3.8, 4) is 0 Å². The number of rotatable bonds is 6. The molecule has 1 saturated carbocycles. The predicted octanol–water partition coefficient (Wildman–Crippen LogP) is 4.18. The van der Waals surface area contributed by atoms with Crippen LogP contribution < -0.4 is 4.90 Å². The Morgan fingerprint density at radius 3 is 2.39 bits per heavy atom. The lowest BCUT2D eigenvalue weighted by atomic mass is 9.79. The first kappa shape index (κ1) is 19.8. The average molecular weight is 385 g/mol. The second-order valence-electron chi connectivity index (χ2n) is 9.43. The minimum Gasteiger partial charge on any atom is -0.348 e. The van der Waals surface area contributed by atoms with Gasteiger partial charge in [0.25, 0.3) is 0 Å². The van der Waals surface area contributed by atoms with Crippen LogP contribution in [-0.4, -0.2) is 51.9 Å². The molecule has 1 aliphatic carbocycles. The molecular formula is C23H36N4O. The second kappa shape index (κ2) is 8.48. The molecule has 3 heterocycles. The average Bonchev–Trinajstić information content (AvgIpc) is 2.97. The molecule has 2 aliphatic heterocycles. The van der Waals surface area contributed by atoms with E-state index < -0.39 is 0 Å². The van der Waals surface area contributed by atoms with Crippen LogP contribution >= 0.6 is 0 Å². The van der Waals surface area contributed by atoms with Gasteiger partial charge in [-0.05, 0) is 64.4 Å². The minimum absolute atomic E-state index is 0.415. The number of hydrogen-bond acceptors (Lipinski definition) is 5. The van der Waals surface area contributed by atoms with E-state index in [-0.39, 0.29) is 0 Å². The topological polar surface area (TPSA) is 49.3 Å². The molecule has 1 aromatic heterocycles. The van der Waals surface area contributed by atoms with Crippen LogP contribution in [0.25, 0.3) is 0 Å². The van der Waals surface area contributed by atoms with Crippen LogP contribution in [0.3, 0.4) is 0 Å². The smallest absolute Gasteiger partial charge is 0.133 e. The maximum Gasteiger partial charge on any atom is 0.133 e. The molecule has 0 radical (unpaired) electrons. The number of aromatic nitrogens is 2. The van der Waals surface area contributed by atoms with Crippen molar-refractivity contribution in [3.63, 3.8) is 0 Å². The van der Waals surface area contributed by atoms with Gasteiger partial charge in [-0.2, -0.15) is 0 Å². The van der Waals surface area contributed by atoms with Gasteiger partial charge in [-0.25, -0.2) is 9.97 Å². The van der Waals surface area contributed by atoms with Crippen LogP contribution in [0, 0.1) is 5.92 Å². The fourth-order valence-electron chi connectivity index (χ4n) is 5.53. The van der Waals surface area contributed by atoms with Crippen LogP contribution in [0.5, 0.6) is 0 Å². The fraction of sp³-hybridized carbons (Fsp3) is 0.783. The summed E-state index contributed by atoms with van der Waals surface area (Å²) < 4.78 is 0. The van der Waals surface area contributed by atoms with Crippen molar-refractivity contribution in [2.45, 2.75) is 96.2 Å². The van der Waals surface area contributed by atoms with E-state index in [2.05, 4.69) is 34.7 Å². The summed E-state index contributed by atoms with van der Waals surface area (Å²) in [6, 6.07) is 3.94. The third-order valence-electron chi connectivity index (χ3n) is 7.29. The van der Waals surface area contributed by atoms with E-state index in [0.717, 1.165) is 56.8 Å². The van der Waals surface area contributed by atoms with Gasteiger partial charge in [0.15, 0.2) is 0 Å². The summed E-state index contributed by atoms with van der Waals surface area (Å²) in [5, 5.41) is 0. The van der Waals surface area contributed by atoms with Gasteiger partial charge in [0.1, 0.15) is 17.4 Å². The third kappa shape index (κ3) is 4.10. The van der Waals surface area contributed by atoms with Gasteiger partial charge in [0.2, 0.25) is 0 Å². The highest BCUT2D eigenvalue weighted by atomic mass is 16.1. The lowest BCUT2D eigenvalue weighted by molar-refractivity contribution is -0.119. The number of nitrogens with zero attached hydrogens (tertiary/aromatic N) is 4. The van der Waals surface area contributed by atoms with Crippen LogP contribution in [0.2, 0.25) is 0 Å². The molecule has 2 atom stereocenters. The molecule has 0 amide bonds. The van der Waals surface area contributed by atoms with E-state index in [0.29, 0.717) is 42.2 Å². The van der Waals surface area contributed by atoms with Crippen LogP contribution in [0.1, 0.15) is 83.9 Å². The Kier molecular flexibility index (Phi) is 6.00. The summed E-state index contributed by atoms with van der Waals surface area (Å²) in [6.45, 7) is 8.90. The molecule has 0 spiro atoms. The number of fused-ring (bicyclic) bond motifs is 2. The molecule has 4 rings (SSSR count). The van der Waals surface area contributed by atoms with Crippen LogP contribution in [0.4, 0.5) is 5.82 Å². The van der Waals surface area contributed by atoms with E-state index in [9.17, 15) is 4.79 Å². The first-order chi connectivity index (χ1) is 13.5. The maximum atomic E-state index is 11.8. The van der Waals surface area contributed by atoms with Crippen LogP contribution in [-0.2, 0) is 4.79 Å². The van der Waals surface area contributed by atoms with Gasteiger partial charge >= 0.3 is 0 Å². The SMILES string of the molecule is CCC(=O)CC1CCC(c2nccc(N3C4CCC3CN(C(C)C)C4)n2)CC1. The van der Waals surface area contributed by atoms with Crippen molar-refractivity contribution in [2.24, 2.45) is 5.92 Å². The van der Waals surface area contributed by atoms with E-state index in [1.165, 1.54) is 12.8 Å². The fourth-order valence-corrected chi connectivity index (χ4v) is 5.53. The number of anilines is 1. The second-order valence-corrected chi connectivity index (χ2v) is 9.43. The highest BCUT2D eigenvalue weighted by Gasteiger charge is 2.41. The number of Topliss-reactive ketones (excluding diaryl/α,β-unsaturated/α-hetero) is 1. The lowest BCUT2D eigenvalue weighted by Gasteiger charge is -2.43. The number of likely N-dealkylation sites (tertiary alicyclic amines) is 1. The number of hydrogen-bond donors (Lipinski definition) is 0. The zero-order chi connectivity index (χ0) is 19.7. The summed E-state index contributed by atoms with van der Waals surface area (Å²) in [4.78, 5) is 26.7. The Balaban J connectivity index is 1.41. The van der Waals surface area contributed by atoms with Crippen LogP contribution in [0.15, 0.2) is 12.3 Å². The molecule has 2 saturated heterocycles. The zero-order valence-electron chi connectivity index (χ0n) is 17.8. The molecule has 5 nitrogen and oxygen atoms in total. The highest BCUT2D eigenvalue weighted by Crippen LogP contribution is 2.38. The lowest BCUT2D eigenvalue weighted by Crippen LogP contribution is -2.55. The number of carbonyl (C=O) groups is 1. The van der Waals surface area contributed by atoms with Gasteiger partial charge in [-0.15, -0.1) is 0 Å². The number of piperazine rings is 1. The van der Waals surface area contributed by atoms with Gasteiger partial charge in [0.05, 0.1) is 0 Å². The van der Waals surface area contributed by atoms with Gasteiger partial charge in [-0.1, -0.05) is 6.92 Å². The van der Waals surface area contributed by atoms with Gasteiger partial charge in [-0.3, -0.25) is 9.69 Å². The van der Waals surface area contributed by atoms with Gasteiger partial charge in [0, 0.05) is 56.2 Å². The summed E-state index contributed by atoms with van der Waals surface area (Å²) in [5.74, 6) is 3.62. The summed E-state index contributed by atoms with van der Waals surface area (Å²) in [7, 11) is 0. The number of carbonyl (C=O) groups excluding carboxylic acids is 1. The van der Waals surface area contributed by atoms with E-state index in [1.807, 2.05) is 13.1 Å². The Labute approximate surface area is 169 Å². The van der Waals surface area contributed by atoms with E-state index >= 15 is 0 Å². The quantitative estimate of drug-likeness (QED) is 0.736. The Hall–Kier alpha value is -1.49. The molecule has 3 aliphatic rings. The summed E-state index contributed by atoms with van der Waals surface area (Å²) >= 11 is 0. The standard InChI is InChI=1S/C23H36N4O/c1-4-21(28)13-17-5-7-18(8-6-17)23-24-12-11-22(25-23)27-19-9-10-20(27)15-26(14-19)16(2)3/h11-12,16-20H,4-10,13-15H2,1-3H3. The zero-order valence-corrected chi connectivity index (χ0v) is 17.8. The van der Waals surface area contributed by atoms with Crippen molar-refractivity contribution in [1.82, 2.24) is 14.9 Å². The maximum absolute atomic E-state index is 11.8. The molecule has 3 fully saturated rings. The summed E-state index contributed by atoms with van der Waals surface area (Å²) in [5.41, 5.74) is 0. The van der Waals surface area contributed by atoms with Crippen molar-refractivity contribution in [1.29, 1.82) is 0 Å². The molecular weight excluding hydrogens is 348 g/mol. The number of ketones is 1. The predicted molar refractivity (Wildman–Crippen MR) is 113 cm³/mol. The molecule has 154 valence electrons. The van der Waals surface area contributed by atoms with E-state index in [4.69, 9.17) is 4.98 Å². The molecule has 28 heavy (non-hydrogen) atoms. The molecule has 2 unspecified atom stereocenters. The molecule has 2 bridgehead atoms. The van der Waals surface area contributed by atoms with E-state index in [1.54, 1.807) is 0 Å². The third-order valence-corrected chi connectivity index (χ3v) is 7.29. The van der Waals surface area contributed by atoms with Gasteiger partial charge < -0.3 is 4.90 Å². The monoisotopic (exact) mass is 384 g/mol. The molecule has 0 N–H and O–H groups in total. The summed E-state index contributed by atoms with van der Waals surface area (Å²) in [6.07, 6.45) is 10.5. The van der Waals surface area contributed by atoms with Crippen molar-refractivity contribution < 1.29 is 4.79 Å². The van der Waals surface area contributed by atoms with Crippen molar-refractivity contribution in [2.75, 3.05) is 18.0 Å². The largest absolute Gasteiger partial charge is 0.348 e. The highest BCUT2D eigenvalue weighted by molar-refractivity contribution is 5.78. The Morgan fingerprint density at radius 2 is 1.79 bits per heavy atom. The Morgan fingerprint density at radius 1 is 1.11 bits per heavy atom. The minimum atomic E-state index is 0.415. The molecule has 5 heteroatoms. The normalized spacial score (nSPS) is 30.8. The first-order valence-electron chi connectivity index (χ1n) is 11.4. The Bertz CT molecular complexity index is 669.